The lowest BCUT2D eigenvalue weighted by Gasteiger charge is -2.38. The summed E-state index contributed by atoms with van der Waals surface area (Å²) in [7, 11) is 0. The minimum Gasteiger partial charge on any atom is -0.476 e. The number of carbonyl (C=O) groups excluding carboxylic acids is 1. The van der Waals surface area contributed by atoms with Crippen LogP contribution < -0.4 is 5.32 Å². The van der Waals surface area contributed by atoms with Gasteiger partial charge in [0, 0.05) is 25.2 Å². The Morgan fingerprint density at radius 2 is 2.29 bits per heavy atom. The average molecular weight is 291 g/mol. The predicted molar refractivity (Wildman–Crippen MR) is 68.5 cm³/mol. The Labute approximate surface area is 119 Å². The summed E-state index contributed by atoms with van der Waals surface area (Å²) in [6.45, 7) is 1.35. The van der Waals surface area contributed by atoms with Crippen LogP contribution in [0.5, 0.6) is 0 Å². The molecule has 0 aromatic carbocycles. The molecule has 0 atom stereocenters. The van der Waals surface area contributed by atoms with Gasteiger partial charge in [0.1, 0.15) is 0 Å². The molecule has 110 valence electrons. The predicted octanol–water partition coefficient (Wildman–Crippen LogP) is 0.336. The van der Waals surface area contributed by atoms with Gasteiger partial charge < -0.3 is 19.7 Å². The Bertz CT molecular complexity index is 644. The van der Waals surface area contributed by atoms with Crippen molar-refractivity contribution in [3.8, 4) is 0 Å². The number of likely N-dealkylation sites (tertiary alicyclic amines) is 1. The highest BCUT2D eigenvalue weighted by molar-refractivity contribution is 5.84. The molecule has 0 saturated carbocycles. The van der Waals surface area contributed by atoms with Crippen molar-refractivity contribution in [3.63, 3.8) is 0 Å². The van der Waals surface area contributed by atoms with Gasteiger partial charge in [-0.3, -0.25) is 0 Å². The van der Waals surface area contributed by atoms with Gasteiger partial charge >= 0.3 is 12.0 Å². The van der Waals surface area contributed by atoms with Gasteiger partial charge in [0.25, 0.3) is 0 Å². The van der Waals surface area contributed by atoms with Crippen LogP contribution in [0.4, 0.5) is 4.79 Å². The fourth-order valence-electron chi connectivity index (χ4n) is 2.02. The molecule has 21 heavy (non-hydrogen) atoms. The molecule has 9 nitrogen and oxygen atoms in total. The minimum atomic E-state index is -1.12. The Morgan fingerprint density at radius 3 is 2.90 bits per heavy atom. The maximum Gasteiger partial charge on any atom is 0.358 e. The molecule has 2 amide bonds. The lowest BCUT2D eigenvalue weighted by atomic mass is 10.1. The first kappa shape index (κ1) is 13.2. The molecule has 3 heterocycles. The topological polar surface area (TPSA) is 113 Å². The Morgan fingerprint density at radius 1 is 1.48 bits per heavy atom. The van der Waals surface area contributed by atoms with Crippen LogP contribution in [0.1, 0.15) is 22.1 Å². The van der Waals surface area contributed by atoms with Gasteiger partial charge in [-0.05, 0) is 6.07 Å². The number of aromatic carboxylic acids is 1. The van der Waals surface area contributed by atoms with Gasteiger partial charge in [-0.15, -0.1) is 5.10 Å². The van der Waals surface area contributed by atoms with Crippen molar-refractivity contribution < 1.29 is 19.1 Å². The fraction of sp³-hybridized carbons (Fsp3) is 0.333. The number of carboxylic acids is 1. The number of urea groups is 1. The third-order valence-electron chi connectivity index (χ3n) is 3.28. The number of amides is 2. The highest BCUT2D eigenvalue weighted by Gasteiger charge is 2.33. The first-order valence-corrected chi connectivity index (χ1v) is 6.32. The van der Waals surface area contributed by atoms with E-state index in [4.69, 9.17) is 9.52 Å². The zero-order valence-corrected chi connectivity index (χ0v) is 11.0. The molecule has 1 fully saturated rings. The second kappa shape index (κ2) is 5.27. The molecule has 0 spiro atoms. The summed E-state index contributed by atoms with van der Waals surface area (Å²) >= 11 is 0. The van der Waals surface area contributed by atoms with E-state index in [1.807, 2.05) is 0 Å². The number of nitrogens with one attached hydrogen (secondary N) is 1. The van der Waals surface area contributed by atoms with Gasteiger partial charge in [-0.2, -0.15) is 0 Å². The number of carbonyl (C=O) groups is 2. The maximum atomic E-state index is 11.9. The van der Waals surface area contributed by atoms with Gasteiger partial charge in [-0.1, -0.05) is 5.21 Å². The van der Waals surface area contributed by atoms with Crippen molar-refractivity contribution in [2.45, 2.75) is 12.6 Å². The largest absolute Gasteiger partial charge is 0.476 e. The smallest absolute Gasteiger partial charge is 0.358 e. The molecule has 2 aromatic heterocycles. The van der Waals surface area contributed by atoms with Crippen molar-refractivity contribution in [1.82, 2.24) is 25.2 Å². The van der Waals surface area contributed by atoms with E-state index in [2.05, 4.69) is 15.6 Å². The summed E-state index contributed by atoms with van der Waals surface area (Å²) in [4.78, 5) is 24.2. The monoisotopic (exact) mass is 291 g/mol. The average Bonchev–Trinajstić information content (AvgIpc) is 3.06. The number of aromatic nitrogens is 3. The summed E-state index contributed by atoms with van der Waals surface area (Å²) in [5.41, 5.74) is 0.792. The highest BCUT2D eigenvalue weighted by atomic mass is 16.4. The molecule has 0 bridgehead atoms. The third kappa shape index (κ3) is 2.71. The second-order valence-corrected chi connectivity index (χ2v) is 4.74. The number of rotatable bonds is 4. The molecule has 0 unspecified atom stereocenters. The number of carboxylic acid groups (broad SMARTS) is 1. The van der Waals surface area contributed by atoms with Gasteiger partial charge in [0.15, 0.2) is 5.69 Å². The van der Waals surface area contributed by atoms with E-state index < -0.39 is 5.97 Å². The quantitative estimate of drug-likeness (QED) is 0.839. The molecule has 0 radical (unpaired) electrons. The number of hydrogen-bond donors (Lipinski definition) is 2. The van der Waals surface area contributed by atoms with E-state index in [1.54, 1.807) is 23.5 Å². The number of nitrogens with zero attached hydrogens (tertiary/aromatic N) is 4. The number of hydrogen-bond acceptors (Lipinski definition) is 5. The molecule has 1 saturated heterocycles. The molecule has 3 rings (SSSR count). The van der Waals surface area contributed by atoms with Gasteiger partial charge in [-0.25, -0.2) is 14.3 Å². The summed E-state index contributed by atoms with van der Waals surface area (Å²) in [5, 5.41) is 18.8. The molecule has 9 heteroatoms. The van der Waals surface area contributed by atoms with E-state index in [0.29, 0.717) is 19.6 Å². The van der Waals surface area contributed by atoms with Crippen LogP contribution in [0.2, 0.25) is 0 Å². The van der Waals surface area contributed by atoms with Gasteiger partial charge in [0.2, 0.25) is 0 Å². The Kier molecular flexibility index (Phi) is 3.30. The van der Waals surface area contributed by atoms with Crippen LogP contribution in [0, 0.1) is 0 Å². The van der Waals surface area contributed by atoms with Crippen LogP contribution in [0.15, 0.2) is 29.2 Å². The molecule has 2 N–H and O–H groups in total. The number of furan rings is 1. The standard InChI is InChI=1S/C12H13N5O4/c18-11(19)10-6-17(15-14-10)9-4-16(5-9)12(20)13-3-8-1-2-21-7-8/h1-2,6-7,9H,3-5H2,(H,13,20)(H,18,19). The summed E-state index contributed by atoms with van der Waals surface area (Å²) in [6.07, 6.45) is 4.49. The lowest BCUT2D eigenvalue weighted by molar-refractivity contribution is 0.0690. The van der Waals surface area contributed by atoms with Gasteiger partial charge in [0.05, 0.1) is 24.8 Å². The minimum absolute atomic E-state index is 0.0368. The van der Waals surface area contributed by atoms with Crippen molar-refractivity contribution in [1.29, 1.82) is 0 Å². The van der Waals surface area contributed by atoms with Crippen molar-refractivity contribution in [2.24, 2.45) is 0 Å². The van der Waals surface area contributed by atoms with Crippen LogP contribution in [0.3, 0.4) is 0 Å². The first-order chi connectivity index (χ1) is 10.1. The second-order valence-electron chi connectivity index (χ2n) is 4.74. The first-order valence-electron chi connectivity index (χ1n) is 6.32. The van der Waals surface area contributed by atoms with E-state index in [1.165, 1.54) is 10.9 Å². The van der Waals surface area contributed by atoms with Crippen LogP contribution in [-0.2, 0) is 6.54 Å². The summed E-state index contributed by atoms with van der Waals surface area (Å²) in [6, 6.07) is 1.57. The zero-order valence-electron chi connectivity index (χ0n) is 11.0. The molecule has 1 aliphatic heterocycles. The van der Waals surface area contributed by atoms with Crippen LogP contribution in [-0.4, -0.2) is 50.1 Å². The van der Waals surface area contributed by atoms with E-state index in [-0.39, 0.29) is 17.8 Å². The Hall–Kier alpha value is -2.84. The fourth-order valence-corrected chi connectivity index (χ4v) is 2.02. The van der Waals surface area contributed by atoms with E-state index in [0.717, 1.165) is 5.56 Å². The normalized spacial score (nSPS) is 14.8. The summed E-state index contributed by atoms with van der Waals surface area (Å²) < 4.78 is 6.39. The Balaban J connectivity index is 1.48. The van der Waals surface area contributed by atoms with E-state index >= 15 is 0 Å². The maximum absolute atomic E-state index is 11.9. The molecule has 1 aliphatic rings. The van der Waals surface area contributed by atoms with E-state index in [9.17, 15) is 9.59 Å². The molecule has 2 aromatic rings. The SMILES string of the molecule is O=C(O)c1cn(C2CN(C(=O)NCc3ccoc3)C2)nn1. The lowest BCUT2D eigenvalue weighted by Crippen LogP contribution is -2.54. The van der Waals surface area contributed by atoms with Crippen molar-refractivity contribution >= 4 is 12.0 Å². The van der Waals surface area contributed by atoms with Crippen molar-refractivity contribution in [2.75, 3.05) is 13.1 Å². The van der Waals surface area contributed by atoms with Crippen LogP contribution >= 0.6 is 0 Å². The molecule has 0 aliphatic carbocycles. The summed E-state index contributed by atoms with van der Waals surface area (Å²) in [5.74, 6) is -1.12. The molecular formula is C12H13N5O4. The zero-order chi connectivity index (χ0) is 14.8. The van der Waals surface area contributed by atoms with Crippen LogP contribution in [0.25, 0.3) is 0 Å². The third-order valence-corrected chi connectivity index (χ3v) is 3.28. The van der Waals surface area contributed by atoms with Crippen molar-refractivity contribution in [3.05, 3.63) is 36.0 Å². The highest BCUT2D eigenvalue weighted by Crippen LogP contribution is 2.20. The molecular weight excluding hydrogens is 278 g/mol.